The smallest absolute Gasteiger partial charge is 0.305 e. The van der Waals surface area contributed by atoms with Gasteiger partial charge in [0.25, 0.3) is 0 Å². The minimum absolute atomic E-state index is 0.0387. The lowest BCUT2D eigenvalue weighted by Gasteiger charge is -2.05. The van der Waals surface area contributed by atoms with Crippen LogP contribution in [0.2, 0.25) is 0 Å². The van der Waals surface area contributed by atoms with Gasteiger partial charge >= 0.3 is 5.97 Å². The van der Waals surface area contributed by atoms with Crippen LogP contribution in [0.3, 0.4) is 0 Å². The maximum Gasteiger partial charge on any atom is 0.305 e. The molecule has 12 heavy (non-hydrogen) atoms. The minimum atomic E-state index is -0.879. The summed E-state index contributed by atoms with van der Waals surface area (Å²) in [5.74, 6) is -0.879. The number of nitrogens with zero attached hydrogens (tertiary/aromatic N) is 1. The first-order chi connectivity index (χ1) is 5.61. The van der Waals surface area contributed by atoms with Crippen LogP contribution in [0.25, 0.3) is 0 Å². The van der Waals surface area contributed by atoms with Crippen molar-refractivity contribution in [3.8, 4) is 0 Å². The summed E-state index contributed by atoms with van der Waals surface area (Å²) in [6.07, 6.45) is -0.0387. The summed E-state index contributed by atoms with van der Waals surface area (Å²) in [5.41, 5.74) is 8.13. The Morgan fingerprint density at radius 3 is 3.00 bits per heavy atom. The summed E-state index contributed by atoms with van der Waals surface area (Å²) in [5, 5.41) is 8.48. The fourth-order valence-electron chi connectivity index (χ4n) is 0.948. The second-order valence-electron chi connectivity index (χ2n) is 2.51. The Bertz CT molecular complexity index is 285. The minimum Gasteiger partial charge on any atom is -0.481 e. The average Bonchev–Trinajstić information content (AvgIpc) is 2.33. The summed E-state index contributed by atoms with van der Waals surface area (Å²) in [6.45, 7) is 1.83. The molecule has 0 saturated heterocycles. The van der Waals surface area contributed by atoms with E-state index in [2.05, 4.69) is 4.98 Å². The Labute approximate surface area is 74.0 Å². The van der Waals surface area contributed by atoms with Gasteiger partial charge in [-0.25, -0.2) is 4.98 Å². The van der Waals surface area contributed by atoms with Crippen molar-refractivity contribution >= 4 is 17.3 Å². The van der Waals surface area contributed by atoms with Crippen LogP contribution in [0, 0.1) is 6.92 Å². The highest BCUT2D eigenvalue weighted by atomic mass is 32.1. The number of carbonyl (C=O) groups is 1. The molecular formula is C7H10N2O2S. The number of hydrogen-bond donors (Lipinski definition) is 2. The summed E-state index contributed by atoms with van der Waals surface area (Å²) >= 11 is 1.40. The van der Waals surface area contributed by atoms with Gasteiger partial charge < -0.3 is 10.8 Å². The van der Waals surface area contributed by atoms with Gasteiger partial charge in [0.1, 0.15) is 0 Å². The molecule has 0 spiro atoms. The molecule has 4 nitrogen and oxygen atoms in total. The van der Waals surface area contributed by atoms with Crippen LogP contribution in [0.4, 0.5) is 0 Å². The van der Waals surface area contributed by atoms with E-state index in [9.17, 15) is 4.79 Å². The fourth-order valence-corrected chi connectivity index (χ4v) is 1.75. The predicted molar refractivity (Wildman–Crippen MR) is 46.0 cm³/mol. The van der Waals surface area contributed by atoms with E-state index in [1.54, 1.807) is 5.51 Å². The van der Waals surface area contributed by atoms with E-state index in [0.717, 1.165) is 10.6 Å². The van der Waals surface area contributed by atoms with Gasteiger partial charge in [-0.3, -0.25) is 4.79 Å². The van der Waals surface area contributed by atoms with Crippen molar-refractivity contribution in [1.29, 1.82) is 0 Å². The summed E-state index contributed by atoms with van der Waals surface area (Å²) in [4.78, 5) is 15.2. The Balaban J connectivity index is 2.71. The normalized spacial score (nSPS) is 12.8. The topological polar surface area (TPSA) is 76.2 Å². The van der Waals surface area contributed by atoms with Crippen LogP contribution in [0.1, 0.15) is 23.0 Å². The first kappa shape index (κ1) is 9.15. The third-order valence-electron chi connectivity index (χ3n) is 1.51. The Hall–Kier alpha value is -0.940. The monoisotopic (exact) mass is 186 g/mol. The molecule has 0 aromatic carbocycles. The first-order valence-corrected chi connectivity index (χ1v) is 4.36. The molecule has 0 amide bonds. The molecule has 1 unspecified atom stereocenters. The zero-order chi connectivity index (χ0) is 9.14. The predicted octanol–water partition coefficient (Wildman–Crippen LogP) is 0.926. The molecule has 0 aliphatic rings. The highest BCUT2D eigenvalue weighted by Gasteiger charge is 2.14. The van der Waals surface area contributed by atoms with Crippen LogP contribution in [-0.4, -0.2) is 16.1 Å². The van der Waals surface area contributed by atoms with Gasteiger partial charge in [-0.05, 0) is 6.92 Å². The quantitative estimate of drug-likeness (QED) is 0.736. The molecule has 1 aromatic heterocycles. The molecule has 0 saturated carbocycles. The van der Waals surface area contributed by atoms with E-state index in [4.69, 9.17) is 10.8 Å². The van der Waals surface area contributed by atoms with Crippen molar-refractivity contribution in [2.24, 2.45) is 5.73 Å². The number of nitrogens with two attached hydrogens (primary N) is 1. The molecule has 66 valence electrons. The maximum atomic E-state index is 10.3. The van der Waals surface area contributed by atoms with Crippen LogP contribution in [-0.2, 0) is 4.79 Å². The van der Waals surface area contributed by atoms with E-state index < -0.39 is 12.0 Å². The Morgan fingerprint density at radius 2 is 2.58 bits per heavy atom. The van der Waals surface area contributed by atoms with Crippen molar-refractivity contribution < 1.29 is 9.90 Å². The molecule has 1 atom stereocenters. The highest BCUT2D eigenvalue weighted by Crippen LogP contribution is 2.21. The third kappa shape index (κ3) is 2.02. The van der Waals surface area contributed by atoms with Gasteiger partial charge in [0.2, 0.25) is 0 Å². The van der Waals surface area contributed by atoms with Gasteiger partial charge in [0.15, 0.2) is 0 Å². The van der Waals surface area contributed by atoms with Crippen molar-refractivity contribution in [2.75, 3.05) is 0 Å². The summed E-state index contributed by atoms with van der Waals surface area (Å²) in [7, 11) is 0. The summed E-state index contributed by atoms with van der Waals surface area (Å²) in [6, 6.07) is -0.421. The standard InChI is InChI=1S/C7H10N2O2S/c1-4-7(12-3-9-4)5(8)2-6(10)11/h3,5H,2,8H2,1H3,(H,10,11). The zero-order valence-corrected chi connectivity index (χ0v) is 7.47. The largest absolute Gasteiger partial charge is 0.481 e. The van der Waals surface area contributed by atoms with Gasteiger partial charge in [0, 0.05) is 4.88 Å². The molecule has 1 rings (SSSR count). The summed E-state index contributed by atoms with van der Waals surface area (Å²) < 4.78 is 0. The van der Waals surface area contributed by atoms with E-state index >= 15 is 0 Å². The van der Waals surface area contributed by atoms with Crippen molar-refractivity contribution in [1.82, 2.24) is 4.98 Å². The van der Waals surface area contributed by atoms with Gasteiger partial charge in [0.05, 0.1) is 23.7 Å². The van der Waals surface area contributed by atoms with Crippen LogP contribution >= 0.6 is 11.3 Å². The lowest BCUT2D eigenvalue weighted by molar-refractivity contribution is -0.137. The second kappa shape index (κ2) is 3.64. The number of thiazole rings is 1. The molecule has 0 bridgehead atoms. The number of rotatable bonds is 3. The molecule has 0 radical (unpaired) electrons. The molecular weight excluding hydrogens is 176 g/mol. The average molecular weight is 186 g/mol. The number of carboxylic acids is 1. The van der Waals surface area contributed by atoms with Gasteiger partial charge in [-0.15, -0.1) is 11.3 Å². The molecule has 0 aliphatic heterocycles. The van der Waals surface area contributed by atoms with E-state index in [1.165, 1.54) is 11.3 Å². The Morgan fingerprint density at radius 1 is 1.92 bits per heavy atom. The van der Waals surface area contributed by atoms with Gasteiger partial charge in [-0.2, -0.15) is 0 Å². The Kier molecular flexibility index (Phi) is 2.78. The molecule has 0 aliphatic carbocycles. The molecule has 3 N–H and O–H groups in total. The zero-order valence-electron chi connectivity index (χ0n) is 6.65. The van der Waals surface area contributed by atoms with Crippen molar-refractivity contribution in [2.45, 2.75) is 19.4 Å². The van der Waals surface area contributed by atoms with E-state index in [1.807, 2.05) is 6.92 Å². The fraction of sp³-hybridized carbons (Fsp3) is 0.429. The van der Waals surface area contributed by atoms with Crippen LogP contribution in [0.5, 0.6) is 0 Å². The van der Waals surface area contributed by atoms with Crippen LogP contribution < -0.4 is 5.73 Å². The van der Waals surface area contributed by atoms with Gasteiger partial charge in [-0.1, -0.05) is 0 Å². The van der Waals surface area contributed by atoms with E-state index in [0.29, 0.717) is 0 Å². The highest BCUT2D eigenvalue weighted by molar-refractivity contribution is 7.09. The lowest BCUT2D eigenvalue weighted by atomic mass is 10.1. The second-order valence-corrected chi connectivity index (χ2v) is 3.39. The van der Waals surface area contributed by atoms with Crippen molar-refractivity contribution in [3.05, 3.63) is 16.1 Å². The van der Waals surface area contributed by atoms with Crippen molar-refractivity contribution in [3.63, 3.8) is 0 Å². The SMILES string of the molecule is Cc1ncsc1C(N)CC(=O)O. The number of aliphatic carboxylic acids is 1. The molecule has 1 heterocycles. The van der Waals surface area contributed by atoms with E-state index in [-0.39, 0.29) is 6.42 Å². The first-order valence-electron chi connectivity index (χ1n) is 3.48. The molecule has 1 aromatic rings. The number of hydrogen-bond acceptors (Lipinski definition) is 4. The number of aromatic nitrogens is 1. The number of carboxylic acid groups (broad SMARTS) is 1. The third-order valence-corrected chi connectivity index (χ3v) is 2.58. The lowest BCUT2D eigenvalue weighted by Crippen LogP contribution is -2.14. The maximum absolute atomic E-state index is 10.3. The number of aryl methyl sites for hydroxylation is 1. The molecule has 5 heteroatoms. The molecule has 0 fully saturated rings. The van der Waals surface area contributed by atoms with Crippen LogP contribution in [0.15, 0.2) is 5.51 Å².